The van der Waals surface area contributed by atoms with Crippen molar-refractivity contribution in [2.45, 2.75) is 0 Å². The molecule has 4 heteroatoms. The Bertz CT molecular complexity index is 8.00. The van der Waals surface area contributed by atoms with Crippen LogP contribution >= 0.6 is 13.5 Å². The fraction of sp³-hybridized carbons (Fsp3) is 0. The molecular weight excluding hydrogens is 248 g/mol. The summed E-state index contributed by atoms with van der Waals surface area (Å²) in [5.41, 5.74) is 0. The van der Waals surface area contributed by atoms with E-state index >= 15 is 0 Å². The first-order chi connectivity index (χ1) is 0. The van der Waals surface area contributed by atoms with E-state index in [-0.39, 0.29) is 80.9 Å². The zero-order valence-corrected chi connectivity index (χ0v) is 8.84. The third-order valence-corrected chi connectivity index (χ3v) is 0. The van der Waals surface area contributed by atoms with Crippen LogP contribution in [0.25, 0.3) is 0 Å². The first-order valence-corrected chi connectivity index (χ1v) is 0. The molecule has 0 N–H and O–H groups in total. The van der Waals surface area contributed by atoms with Crippen molar-refractivity contribution in [3.63, 3.8) is 0 Å². The molecule has 0 aliphatic carbocycles. The molecule has 0 spiro atoms. The number of rotatable bonds is 0. The van der Waals surface area contributed by atoms with Crippen molar-refractivity contribution in [2.24, 2.45) is 0 Å². The van der Waals surface area contributed by atoms with E-state index in [0.29, 0.717) is 0 Å². The van der Waals surface area contributed by atoms with Crippen LogP contribution in [0.4, 0.5) is 0 Å². The third-order valence-electron chi connectivity index (χ3n) is 0. The maximum absolute atomic E-state index is 0. The van der Waals surface area contributed by atoms with Gasteiger partial charge >= 0.3 is 40.1 Å². The van der Waals surface area contributed by atoms with Crippen LogP contribution in [0, 0.1) is 0 Å². The summed E-state index contributed by atoms with van der Waals surface area (Å²) < 4.78 is 0. The minimum absolute atomic E-state index is 0. The van der Waals surface area contributed by atoms with Crippen LogP contribution in [0.2, 0.25) is 0 Å². The summed E-state index contributed by atoms with van der Waals surface area (Å²) in [5.74, 6) is 0. The van der Waals surface area contributed by atoms with Crippen LogP contribution < -0.4 is 0 Å². The van der Waals surface area contributed by atoms with Crippen LogP contribution in [-0.4, -0.2) is 40.1 Å². The van der Waals surface area contributed by atoms with Gasteiger partial charge in [-0.15, -0.1) is 0 Å². The maximum atomic E-state index is 0. The predicted octanol–water partition coefficient (Wildman–Crippen LogP) is -1.72. The molecule has 0 saturated heterocycles. The normalized spacial score (nSPS) is 0. The Balaban J connectivity index is 0. The zero-order chi connectivity index (χ0) is 0. The van der Waals surface area contributed by atoms with Gasteiger partial charge in [0.05, 0.1) is 0 Å². The standard InChI is InChI=1S/Cd.Mg.H2S.H2Se.2H/h;;2*1H2;;. The SMILES string of the molecule is S.[Cd].[MgH2].[SeH2]. The Morgan fingerprint density at radius 1 is 1.00 bits per heavy atom. The molecule has 0 unspecified atom stereocenters. The molecule has 0 amide bonds. The summed E-state index contributed by atoms with van der Waals surface area (Å²) in [6.45, 7) is 0. The fourth-order valence-electron chi connectivity index (χ4n) is 0. The Kier molecular flexibility index (Phi) is 137. The van der Waals surface area contributed by atoms with Crippen molar-refractivity contribution < 1.29 is 27.3 Å². The van der Waals surface area contributed by atoms with Gasteiger partial charge in [-0.3, -0.25) is 0 Å². The average molecular weight is 254 g/mol. The molecule has 4 heavy (non-hydrogen) atoms. The van der Waals surface area contributed by atoms with E-state index in [1.54, 1.807) is 0 Å². The van der Waals surface area contributed by atoms with Gasteiger partial charge in [0, 0.05) is 27.3 Å². The molecule has 0 aromatic carbocycles. The van der Waals surface area contributed by atoms with E-state index in [1.807, 2.05) is 0 Å². The second kappa shape index (κ2) is 17.6. The van der Waals surface area contributed by atoms with Crippen LogP contribution in [0.3, 0.4) is 0 Å². The van der Waals surface area contributed by atoms with E-state index in [1.165, 1.54) is 0 Å². The monoisotopic (exact) mass is 256 g/mol. The molecule has 0 heterocycles. The van der Waals surface area contributed by atoms with Gasteiger partial charge in [0.2, 0.25) is 0 Å². The average Bonchev–Trinajstić information content (AvgIpc) is 0. The summed E-state index contributed by atoms with van der Waals surface area (Å²) in [6.07, 6.45) is 0. The molecule has 0 saturated carbocycles. The van der Waals surface area contributed by atoms with E-state index in [9.17, 15) is 0 Å². The predicted molar refractivity (Wildman–Crippen MR) is 27.5 cm³/mol. The zero-order valence-electron chi connectivity index (χ0n) is 1.71. The first kappa shape index (κ1) is 31.0. The quantitative estimate of drug-likeness (QED) is 0.451. The Hall–Kier alpha value is 2.56. The Morgan fingerprint density at radius 2 is 1.00 bits per heavy atom. The molecule has 0 aliphatic heterocycles. The molecule has 0 aromatic rings. The van der Waals surface area contributed by atoms with Crippen LogP contribution in [0.5, 0.6) is 0 Å². The van der Waals surface area contributed by atoms with E-state index in [0.717, 1.165) is 0 Å². The molecule has 0 fully saturated rings. The summed E-state index contributed by atoms with van der Waals surface area (Å²) >= 11 is 0. The van der Waals surface area contributed by atoms with E-state index in [4.69, 9.17) is 0 Å². The van der Waals surface area contributed by atoms with Crippen molar-refractivity contribution in [1.29, 1.82) is 0 Å². The van der Waals surface area contributed by atoms with Crippen molar-refractivity contribution in [3.8, 4) is 0 Å². The topological polar surface area (TPSA) is 0 Å². The molecule has 0 aromatic heterocycles. The molecule has 0 radical (unpaired) electrons. The van der Waals surface area contributed by atoms with Gasteiger partial charge < -0.3 is 0 Å². The van der Waals surface area contributed by atoms with Crippen LogP contribution in [-0.2, 0) is 27.3 Å². The fourth-order valence-corrected chi connectivity index (χ4v) is 0. The van der Waals surface area contributed by atoms with Crippen molar-refractivity contribution >= 4 is 53.6 Å². The minimum atomic E-state index is 0. The summed E-state index contributed by atoms with van der Waals surface area (Å²) in [6, 6.07) is 0. The summed E-state index contributed by atoms with van der Waals surface area (Å²) in [4.78, 5) is 0. The summed E-state index contributed by atoms with van der Waals surface area (Å²) in [5, 5.41) is 0. The number of hydrogen-bond donors (Lipinski definition) is 0. The Labute approximate surface area is 79.7 Å². The van der Waals surface area contributed by atoms with Crippen LogP contribution in [0.15, 0.2) is 0 Å². The molecule has 0 rings (SSSR count). The molecular formula is H6CdMgSSe. The van der Waals surface area contributed by atoms with Crippen molar-refractivity contribution in [3.05, 3.63) is 0 Å². The van der Waals surface area contributed by atoms with Gasteiger partial charge in [-0.2, -0.15) is 13.5 Å². The molecule has 0 atom stereocenters. The molecule has 0 bridgehead atoms. The van der Waals surface area contributed by atoms with Gasteiger partial charge in [0.25, 0.3) is 0 Å². The molecule has 0 aliphatic rings. The second-order valence-corrected chi connectivity index (χ2v) is 0. The van der Waals surface area contributed by atoms with Gasteiger partial charge in [-0.25, -0.2) is 0 Å². The second-order valence-electron chi connectivity index (χ2n) is 0. The molecule has 22 valence electrons. The van der Waals surface area contributed by atoms with Gasteiger partial charge in [-0.1, -0.05) is 0 Å². The number of hydrogen-bond acceptors (Lipinski definition) is 0. The molecule has 0 nitrogen and oxygen atoms in total. The van der Waals surface area contributed by atoms with Crippen molar-refractivity contribution in [2.75, 3.05) is 0 Å². The van der Waals surface area contributed by atoms with E-state index in [2.05, 4.69) is 0 Å². The first-order valence-electron chi connectivity index (χ1n) is 0. The third kappa shape index (κ3) is 8.82. The van der Waals surface area contributed by atoms with Crippen molar-refractivity contribution in [1.82, 2.24) is 0 Å². The van der Waals surface area contributed by atoms with Gasteiger partial charge in [0.15, 0.2) is 0 Å². The Morgan fingerprint density at radius 3 is 1.00 bits per heavy atom. The van der Waals surface area contributed by atoms with Gasteiger partial charge in [0.1, 0.15) is 0 Å². The van der Waals surface area contributed by atoms with Gasteiger partial charge in [-0.05, 0) is 0 Å². The van der Waals surface area contributed by atoms with Crippen LogP contribution in [0.1, 0.15) is 0 Å². The van der Waals surface area contributed by atoms with E-state index < -0.39 is 0 Å². The summed E-state index contributed by atoms with van der Waals surface area (Å²) in [7, 11) is 0.